The molecule has 1 fully saturated rings. The fraction of sp³-hybridized carbons (Fsp3) is 0.684. The van der Waals surface area contributed by atoms with E-state index in [2.05, 4.69) is 19.2 Å². The number of benzene rings is 1. The van der Waals surface area contributed by atoms with Crippen LogP contribution in [0, 0.1) is 11.8 Å². The molecule has 1 aromatic rings. The summed E-state index contributed by atoms with van der Waals surface area (Å²) < 4.78 is 16.3. The molecule has 0 amide bonds. The van der Waals surface area contributed by atoms with Crippen LogP contribution in [-0.4, -0.2) is 37.2 Å². The first-order valence-electron chi connectivity index (χ1n) is 9.11. The first kappa shape index (κ1) is 17.5. The summed E-state index contributed by atoms with van der Waals surface area (Å²) in [7, 11) is 0. The summed E-state index contributed by atoms with van der Waals surface area (Å²) in [5.41, 5.74) is 1.03. The number of fused-ring (bicyclic) bond motifs is 1. The van der Waals surface area contributed by atoms with Crippen molar-refractivity contribution >= 4 is 0 Å². The molecule has 1 saturated carbocycles. The van der Waals surface area contributed by atoms with Crippen LogP contribution in [0.2, 0.25) is 0 Å². The van der Waals surface area contributed by atoms with Gasteiger partial charge >= 0.3 is 0 Å². The van der Waals surface area contributed by atoms with Gasteiger partial charge < -0.3 is 24.6 Å². The van der Waals surface area contributed by atoms with Gasteiger partial charge in [-0.25, -0.2) is 0 Å². The highest BCUT2D eigenvalue weighted by molar-refractivity contribution is 5.44. The van der Waals surface area contributed by atoms with Crippen molar-refractivity contribution in [2.45, 2.75) is 51.9 Å². The smallest absolute Gasteiger partial charge is 0.231 e. The Morgan fingerprint density at radius 1 is 1.25 bits per heavy atom. The molecule has 1 aliphatic heterocycles. The Balaban J connectivity index is 1.36. The molecule has 0 bridgehead atoms. The first-order chi connectivity index (χ1) is 11.6. The molecule has 0 aromatic heterocycles. The maximum Gasteiger partial charge on any atom is 0.231 e. The summed E-state index contributed by atoms with van der Waals surface area (Å²) in [6.07, 6.45) is 3.48. The number of rotatable bonds is 7. The molecule has 3 N–H and O–H groups in total. The van der Waals surface area contributed by atoms with Crippen molar-refractivity contribution in [3.8, 4) is 11.5 Å². The SMILES string of the molecule is C[C@H]1[C@@H]([NH2+]C[C@H](O)COCc2ccc3c(c2)OCO3)CCC[C@@H]1C. The van der Waals surface area contributed by atoms with Crippen molar-refractivity contribution in [3.63, 3.8) is 0 Å². The van der Waals surface area contributed by atoms with Crippen LogP contribution in [0.5, 0.6) is 11.5 Å². The van der Waals surface area contributed by atoms with Gasteiger partial charge in [0.25, 0.3) is 0 Å². The molecule has 3 rings (SSSR count). The predicted molar refractivity (Wildman–Crippen MR) is 91.0 cm³/mol. The summed E-state index contributed by atoms with van der Waals surface area (Å²) in [6.45, 7) is 6.52. The Hall–Kier alpha value is -1.30. The van der Waals surface area contributed by atoms with Crippen molar-refractivity contribution in [1.82, 2.24) is 0 Å². The standard InChI is InChI=1S/C19H29NO4/c1-13-4-3-5-17(14(13)2)20-9-16(21)11-22-10-15-6-7-18-19(8-15)24-12-23-18/h6-8,13-14,16-17,20-21H,3-5,9-12H2,1-2H3/p+1/t13-,14+,16-,17-/m0/s1. The molecule has 0 unspecified atom stereocenters. The zero-order chi connectivity index (χ0) is 16.9. The average molecular weight is 336 g/mol. The average Bonchev–Trinajstić information content (AvgIpc) is 3.04. The van der Waals surface area contributed by atoms with E-state index in [9.17, 15) is 5.11 Å². The lowest BCUT2D eigenvalue weighted by Crippen LogP contribution is -2.93. The molecule has 5 heteroatoms. The van der Waals surface area contributed by atoms with Crippen LogP contribution in [0.3, 0.4) is 0 Å². The highest BCUT2D eigenvalue weighted by Crippen LogP contribution is 2.32. The zero-order valence-corrected chi connectivity index (χ0v) is 14.7. The highest BCUT2D eigenvalue weighted by Gasteiger charge is 2.29. The van der Waals surface area contributed by atoms with Gasteiger partial charge in [0.05, 0.1) is 19.3 Å². The predicted octanol–water partition coefficient (Wildman–Crippen LogP) is 1.68. The van der Waals surface area contributed by atoms with Crippen LogP contribution in [0.15, 0.2) is 18.2 Å². The third-order valence-corrected chi connectivity index (χ3v) is 5.50. The lowest BCUT2D eigenvalue weighted by molar-refractivity contribution is -0.704. The Morgan fingerprint density at radius 2 is 2.08 bits per heavy atom. The Labute approximate surface area is 144 Å². The van der Waals surface area contributed by atoms with Crippen molar-refractivity contribution in [1.29, 1.82) is 0 Å². The normalized spacial score (nSPS) is 27.2. The van der Waals surface area contributed by atoms with Gasteiger partial charge in [0.15, 0.2) is 11.5 Å². The number of hydrogen-bond donors (Lipinski definition) is 2. The summed E-state index contributed by atoms with van der Waals surface area (Å²) >= 11 is 0. The molecular formula is C19H30NO4+. The zero-order valence-electron chi connectivity index (χ0n) is 14.7. The lowest BCUT2D eigenvalue weighted by atomic mass is 9.78. The second-order valence-corrected chi connectivity index (χ2v) is 7.26. The second kappa shape index (κ2) is 8.19. The number of aliphatic hydroxyl groups excluding tert-OH is 1. The summed E-state index contributed by atoms with van der Waals surface area (Å²) in [5.74, 6) is 3.06. The molecule has 1 aromatic carbocycles. The molecule has 2 aliphatic rings. The van der Waals surface area contributed by atoms with E-state index in [0.29, 0.717) is 25.8 Å². The Kier molecular flexibility index (Phi) is 5.98. The van der Waals surface area contributed by atoms with Gasteiger partial charge in [-0.3, -0.25) is 0 Å². The van der Waals surface area contributed by atoms with Crippen molar-refractivity contribution in [3.05, 3.63) is 23.8 Å². The van der Waals surface area contributed by atoms with E-state index in [1.807, 2.05) is 18.2 Å². The number of quaternary nitrogens is 1. The van der Waals surface area contributed by atoms with Crippen LogP contribution in [0.25, 0.3) is 0 Å². The van der Waals surface area contributed by atoms with Crippen molar-refractivity contribution in [2.24, 2.45) is 11.8 Å². The van der Waals surface area contributed by atoms with Crippen LogP contribution < -0.4 is 14.8 Å². The topological polar surface area (TPSA) is 64.5 Å². The quantitative estimate of drug-likeness (QED) is 0.795. The Bertz CT molecular complexity index is 536. The van der Waals surface area contributed by atoms with E-state index < -0.39 is 6.10 Å². The van der Waals surface area contributed by atoms with E-state index in [4.69, 9.17) is 14.2 Å². The molecule has 5 nitrogen and oxygen atoms in total. The fourth-order valence-corrected chi connectivity index (χ4v) is 3.70. The van der Waals surface area contributed by atoms with Gasteiger partial charge in [-0.15, -0.1) is 0 Å². The monoisotopic (exact) mass is 336 g/mol. The molecule has 1 aliphatic carbocycles. The highest BCUT2D eigenvalue weighted by atomic mass is 16.7. The maximum atomic E-state index is 10.2. The van der Waals surface area contributed by atoms with Gasteiger partial charge in [0, 0.05) is 5.92 Å². The van der Waals surface area contributed by atoms with Gasteiger partial charge in [0.2, 0.25) is 6.79 Å². The van der Waals surface area contributed by atoms with Crippen molar-refractivity contribution < 1.29 is 24.6 Å². The minimum absolute atomic E-state index is 0.284. The first-order valence-corrected chi connectivity index (χ1v) is 9.11. The number of aliphatic hydroxyl groups is 1. The van der Waals surface area contributed by atoms with Gasteiger partial charge in [-0.05, 0) is 42.9 Å². The number of hydrogen-bond acceptors (Lipinski definition) is 4. The minimum Gasteiger partial charge on any atom is -0.454 e. The van der Waals surface area contributed by atoms with Crippen LogP contribution >= 0.6 is 0 Å². The number of ether oxygens (including phenoxy) is 3. The largest absolute Gasteiger partial charge is 0.454 e. The molecule has 0 radical (unpaired) electrons. The molecule has 0 spiro atoms. The molecular weight excluding hydrogens is 306 g/mol. The van der Waals surface area contributed by atoms with Gasteiger partial charge in [-0.1, -0.05) is 19.9 Å². The van der Waals surface area contributed by atoms with E-state index in [1.165, 1.54) is 19.3 Å². The van der Waals surface area contributed by atoms with E-state index in [1.54, 1.807) is 0 Å². The summed E-state index contributed by atoms with van der Waals surface area (Å²) in [5, 5.41) is 12.5. The fourth-order valence-electron chi connectivity index (χ4n) is 3.70. The molecule has 1 heterocycles. The molecule has 0 saturated heterocycles. The van der Waals surface area contributed by atoms with Gasteiger partial charge in [0.1, 0.15) is 12.6 Å². The third kappa shape index (κ3) is 4.41. The van der Waals surface area contributed by atoms with E-state index >= 15 is 0 Å². The van der Waals surface area contributed by atoms with Crippen LogP contribution in [0.4, 0.5) is 0 Å². The van der Waals surface area contributed by atoms with Crippen molar-refractivity contribution in [2.75, 3.05) is 19.9 Å². The summed E-state index contributed by atoms with van der Waals surface area (Å²) in [4.78, 5) is 0. The Morgan fingerprint density at radius 3 is 2.96 bits per heavy atom. The van der Waals surface area contributed by atoms with E-state index in [0.717, 1.165) is 28.9 Å². The third-order valence-electron chi connectivity index (χ3n) is 5.50. The lowest BCUT2D eigenvalue weighted by Gasteiger charge is -2.32. The molecule has 4 atom stereocenters. The van der Waals surface area contributed by atoms with Gasteiger partial charge in [-0.2, -0.15) is 0 Å². The summed E-state index contributed by atoms with van der Waals surface area (Å²) in [6, 6.07) is 6.44. The number of nitrogens with two attached hydrogens (primary N) is 1. The van der Waals surface area contributed by atoms with Crippen LogP contribution in [0.1, 0.15) is 38.7 Å². The maximum absolute atomic E-state index is 10.2. The molecule has 134 valence electrons. The molecule has 24 heavy (non-hydrogen) atoms. The second-order valence-electron chi connectivity index (χ2n) is 7.26. The van der Waals surface area contributed by atoms with E-state index in [-0.39, 0.29) is 6.79 Å². The minimum atomic E-state index is -0.427. The van der Waals surface area contributed by atoms with Crippen LogP contribution in [-0.2, 0) is 11.3 Å².